The zero-order valence-corrected chi connectivity index (χ0v) is 15.3. The van der Waals surface area contributed by atoms with Crippen molar-refractivity contribution >= 4 is 17.2 Å². The predicted molar refractivity (Wildman–Crippen MR) is 109 cm³/mol. The maximum absolute atomic E-state index is 12.7. The molecular weight excluding hydrogens is 320 g/mol. The summed E-state index contributed by atoms with van der Waals surface area (Å²) in [6.45, 7) is 0. The molecule has 3 rings (SSSR count). The van der Waals surface area contributed by atoms with Crippen LogP contribution in [0, 0.1) is 0 Å². The van der Waals surface area contributed by atoms with Crippen molar-refractivity contribution in [1.82, 2.24) is 5.32 Å². The van der Waals surface area contributed by atoms with Crippen LogP contribution in [-0.4, -0.2) is 11.9 Å². The third-order valence-electron chi connectivity index (χ3n) is 5.01. The van der Waals surface area contributed by atoms with Gasteiger partial charge in [0.05, 0.1) is 0 Å². The second-order valence-corrected chi connectivity index (χ2v) is 7.10. The van der Waals surface area contributed by atoms with Crippen LogP contribution in [0.25, 0.3) is 5.57 Å². The second kappa shape index (κ2) is 9.23. The first-order valence-electron chi connectivity index (χ1n) is 9.66. The number of anilines is 1. The van der Waals surface area contributed by atoms with Crippen LogP contribution in [0.4, 0.5) is 5.69 Å². The van der Waals surface area contributed by atoms with Crippen LogP contribution in [0.5, 0.6) is 0 Å². The fourth-order valence-corrected chi connectivity index (χ4v) is 3.63. The van der Waals surface area contributed by atoms with Gasteiger partial charge in [0.1, 0.15) is 0 Å². The maximum Gasteiger partial charge on any atom is 0.244 e. The molecule has 1 saturated carbocycles. The van der Waals surface area contributed by atoms with Gasteiger partial charge in [-0.25, -0.2) is 0 Å². The van der Waals surface area contributed by atoms with Crippen LogP contribution in [0.1, 0.15) is 56.1 Å². The Morgan fingerprint density at radius 2 is 1.54 bits per heavy atom. The molecule has 0 atom stereocenters. The standard InChI is InChI=1S/C23H28N2O/c24-20-13-9-12-19(16-20)22(18-10-5-4-6-11-18)17-23(26)25-21-14-7-2-1-3-8-15-21/h4-6,9-13,16-17,21H,1-3,7-8,14-15,24H2,(H,25,26). The number of nitrogen functional groups attached to an aromatic ring is 1. The normalized spacial score (nSPS) is 16.5. The van der Waals surface area contributed by atoms with Crippen molar-refractivity contribution in [1.29, 1.82) is 0 Å². The average Bonchev–Trinajstić information content (AvgIpc) is 2.62. The molecule has 0 unspecified atom stereocenters. The number of benzene rings is 2. The lowest BCUT2D eigenvalue weighted by molar-refractivity contribution is -0.117. The minimum absolute atomic E-state index is 0.0168. The van der Waals surface area contributed by atoms with Crippen LogP contribution < -0.4 is 11.1 Å². The molecule has 0 saturated heterocycles. The van der Waals surface area contributed by atoms with Crippen molar-refractivity contribution < 1.29 is 4.79 Å². The van der Waals surface area contributed by atoms with Crippen molar-refractivity contribution in [2.45, 2.75) is 51.0 Å². The van der Waals surface area contributed by atoms with Gasteiger partial charge in [-0.05, 0) is 41.7 Å². The second-order valence-electron chi connectivity index (χ2n) is 7.10. The molecular formula is C23H28N2O. The van der Waals surface area contributed by atoms with Gasteiger partial charge in [0.25, 0.3) is 0 Å². The molecule has 1 aliphatic carbocycles. The summed E-state index contributed by atoms with van der Waals surface area (Å²) in [5.41, 5.74) is 9.54. The van der Waals surface area contributed by atoms with Gasteiger partial charge in [0.15, 0.2) is 0 Å². The topological polar surface area (TPSA) is 55.1 Å². The van der Waals surface area contributed by atoms with E-state index in [0.29, 0.717) is 5.69 Å². The Labute approximate surface area is 156 Å². The van der Waals surface area contributed by atoms with Gasteiger partial charge in [-0.1, -0.05) is 74.6 Å². The van der Waals surface area contributed by atoms with Crippen LogP contribution in [0.15, 0.2) is 60.7 Å². The Kier molecular flexibility index (Phi) is 6.48. The van der Waals surface area contributed by atoms with Gasteiger partial charge >= 0.3 is 0 Å². The number of nitrogens with two attached hydrogens (primary N) is 1. The molecule has 0 spiro atoms. The molecule has 136 valence electrons. The summed E-state index contributed by atoms with van der Waals surface area (Å²) in [6, 6.07) is 18.0. The number of rotatable bonds is 4. The quantitative estimate of drug-likeness (QED) is 0.608. The number of hydrogen-bond acceptors (Lipinski definition) is 2. The number of amides is 1. The summed E-state index contributed by atoms with van der Waals surface area (Å²) >= 11 is 0. The van der Waals surface area contributed by atoms with Gasteiger partial charge in [-0.2, -0.15) is 0 Å². The fourth-order valence-electron chi connectivity index (χ4n) is 3.63. The smallest absolute Gasteiger partial charge is 0.244 e. The SMILES string of the molecule is Nc1cccc(C(=CC(=O)NC2CCCCCCC2)c2ccccc2)c1. The molecule has 2 aromatic rings. The van der Waals surface area contributed by atoms with Crippen molar-refractivity contribution in [3.63, 3.8) is 0 Å². The van der Waals surface area contributed by atoms with Crippen molar-refractivity contribution in [2.75, 3.05) is 5.73 Å². The minimum Gasteiger partial charge on any atom is -0.399 e. The van der Waals surface area contributed by atoms with E-state index in [-0.39, 0.29) is 11.9 Å². The first-order valence-corrected chi connectivity index (χ1v) is 9.66. The zero-order valence-electron chi connectivity index (χ0n) is 15.3. The highest BCUT2D eigenvalue weighted by Gasteiger charge is 2.14. The summed E-state index contributed by atoms with van der Waals surface area (Å²) in [5, 5.41) is 3.22. The lowest BCUT2D eigenvalue weighted by Gasteiger charge is -2.20. The Bertz CT molecular complexity index is 744. The molecule has 0 bridgehead atoms. The van der Waals surface area contributed by atoms with Gasteiger partial charge < -0.3 is 11.1 Å². The van der Waals surface area contributed by atoms with E-state index >= 15 is 0 Å². The summed E-state index contributed by atoms with van der Waals surface area (Å²) in [4.78, 5) is 12.7. The average molecular weight is 348 g/mol. The van der Waals surface area contributed by atoms with E-state index < -0.39 is 0 Å². The first kappa shape index (κ1) is 18.2. The molecule has 0 heterocycles. The van der Waals surface area contributed by atoms with Crippen molar-refractivity contribution in [2.24, 2.45) is 0 Å². The summed E-state index contributed by atoms with van der Waals surface area (Å²) in [5.74, 6) is -0.0168. The molecule has 2 aromatic carbocycles. The predicted octanol–water partition coefficient (Wildman–Crippen LogP) is 4.93. The van der Waals surface area contributed by atoms with Crippen LogP contribution in [-0.2, 0) is 4.79 Å². The number of carbonyl (C=O) groups is 1. The molecule has 0 aromatic heterocycles. The minimum atomic E-state index is -0.0168. The van der Waals surface area contributed by atoms with Crippen molar-refractivity contribution in [3.05, 3.63) is 71.8 Å². The van der Waals surface area contributed by atoms with E-state index in [2.05, 4.69) is 5.32 Å². The number of hydrogen-bond donors (Lipinski definition) is 2. The Morgan fingerprint density at radius 3 is 2.23 bits per heavy atom. The van der Waals surface area contributed by atoms with Gasteiger partial charge in [-0.15, -0.1) is 0 Å². The monoisotopic (exact) mass is 348 g/mol. The van der Waals surface area contributed by atoms with Crippen LogP contribution in [0.2, 0.25) is 0 Å². The third kappa shape index (κ3) is 5.22. The highest BCUT2D eigenvalue weighted by molar-refractivity contribution is 5.99. The fraction of sp³-hybridized carbons (Fsp3) is 0.348. The first-order chi connectivity index (χ1) is 12.7. The molecule has 0 radical (unpaired) electrons. The largest absolute Gasteiger partial charge is 0.399 e. The van der Waals surface area contributed by atoms with E-state index in [1.54, 1.807) is 6.08 Å². The van der Waals surface area contributed by atoms with Gasteiger partial charge in [-0.3, -0.25) is 4.79 Å². The molecule has 1 fully saturated rings. The Balaban J connectivity index is 1.82. The molecule has 1 aliphatic rings. The Morgan fingerprint density at radius 1 is 0.885 bits per heavy atom. The molecule has 3 heteroatoms. The third-order valence-corrected chi connectivity index (χ3v) is 5.01. The van der Waals surface area contributed by atoms with E-state index in [0.717, 1.165) is 29.5 Å². The summed E-state index contributed by atoms with van der Waals surface area (Å²) in [6.07, 6.45) is 10.2. The van der Waals surface area contributed by atoms with E-state index in [9.17, 15) is 4.79 Å². The lowest BCUT2D eigenvalue weighted by Crippen LogP contribution is -2.34. The molecule has 26 heavy (non-hydrogen) atoms. The van der Waals surface area contributed by atoms with Gasteiger partial charge in [0, 0.05) is 17.8 Å². The van der Waals surface area contributed by atoms with Crippen LogP contribution >= 0.6 is 0 Å². The van der Waals surface area contributed by atoms with Crippen molar-refractivity contribution in [3.8, 4) is 0 Å². The van der Waals surface area contributed by atoms with Gasteiger partial charge in [0.2, 0.25) is 5.91 Å². The highest BCUT2D eigenvalue weighted by Crippen LogP contribution is 2.25. The molecule has 0 aliphatic heterocycles. The van der Waals surface area contributed by atoms with Crippen LogP contribution in [0.3, 0.4) is 0 Å². The summed E-state index contributed by atoms with van der Waals surface area (Å²) < 4.78 is 0. The molecule has 3 nitrogen and oxygen atoms in total. The zero-order chi connectivity index (χ0) is 18.2. The van der Waals surface area contributed by atoms with E-state index in [4.69, 9.17) is 5.73 Å². The van der Waals surface area contributed by atoms with E-state index in [1.165, 1.54) is 32.1 Å². The highest BCUT2D eigenvalue weighted by atomic mass is 16.1. The molecule has 1 amide bonds. The Hall–Kier alpha value is -2.55. The number of nitrogens with one attached hydrogen (secondary N) is 1. The van der Waals surface area contributed by atoms with E-state index in [1.807, 2.05) is 54.6 Å². The lowest BCUT2D eigenvalue weighted by atomic mass is 9.95. The number of carbonyl (C=O) groups excluding carboxylic acids is 1. The molecule has 3 N–H and O–H groups in total. The maximum atomic E-state index is 12.7. The summed E-state index contributed by atoms with van der Waals surface area (Å²) in [7, 11) is 0.